The van der Waals surface area contributed by atoms with Gasteiger partial charge in [0.2, 0.25) is 0 Å². The topological polar surface area (TPSA) is 61.5 Å². The van der Waals surface area contributed by atoms with E-state index in [2.05, 4.69) is 9.47 Å². The molecule has 0 radical (unpaired) electrons. The highest BCUT2D eigenvalue weighted by atomic mass is 19.4. The van der Waals surface area contributed by atoms with Gasteiger partial charge < -0.3 is 15.2 Å². The Kier molecular flexibility index (Phi) is 6.81. The Hall–Kier alpha value is -1.76. The number of hydrogen-bond acceptors (Lipinski definition) is 4. The van der Waals surface area contributed by atoms with E-state index in [0.29, 0.717) is 0 Å². The highest BCUT2D eigenvalue weighted by Gasteiger charge is 2.30. The number of alkyl halides is 3. The van der Waals surface area contributed by atoms with Crippen molar-refractivity contribution in [3.05, 3.63) is 29.8 Å². The van der Waals surface area contributed by atoms with Gasteiger partial charge in [-0.05, 0) is 19.1 Å². The molecule has 2 N–H and O–H groups in total. The van der Waals surface area contributed by atoms with Crippen LogP contribution in [0.4, 0.5) is 13.2 Å². The summed E-state index contributed by atoms with van der Waals surface area (Å²) in [5, 5.41) is 0. The second-order valence-electron chi connectivity index (χ2n) is 3.14. The second kappa shape index (κ2) is 7.54. The Morgan fingerprint density at radius 2 is 1.78 bits per heavy atom. The van der Waals surface area contributed by atoms with Gasteiger partial charge in [-0.2, -0.15) is 0 Å². The number of halogens is 3. The Morgan fingerprint density at radius 1 is 1.28 bits per heavy atom. The van der Waals surface area contributed by atoms with Crippen LogP contribution in [0.15, 0.2) is 24.3 Å². The summed E-state index contributed by atoms with van der Waals surface area (Å²) in [5.41, 5.74) is 5.70. The first-order valence-corrected chi connectivity index (χ1v) is 4.87. The monoisotopic (exact) mass is 265 g/mol. The van der Waals surface area contributed by atoms with Crippen LogP contribution < -0.4 is 10.5 Å². The number of esters is 1. The van der Waals surface area contributed by atoms with E-state index < -0.39 is 6.36 Å². The highest BCUT2D eigenvalue weighted by Crippen LogP contribution is 2.22. The van der Waals surface area contributed by atoms with Crippen LogP contribution in [0.1, 0.15) is 5.56 Å². The molecule has 0 saturated carbocycles. The van der Waals surface area contributed by atoms with E-state index in [1.165, 1.54) is 19.2 Å². The first-order valence-electron chi connectivity index (χ1n) is 4.87. The molecule has 0 spiro atoms. The molecule has 0 heterocycles. The largest absolute Gasteiger partial charge is 0.573 e. The van der Waals surface area contributed by atoms with Gasteiger partial charge in [0.1, 0.15) is 5.75 Å². The fourth-order valence-corrected chi connectivity index (χ4v) is 0.823. The maximum Gasteiger partial charge on any atom is 0.573 e. The molecule has 7 heteroatoms. The SMILES string of the molecule is COC(=O)CN.Cc1ccc(OC(F)(F)F)cc1. The minimum Gasteiger partial charge on any atom is -0.468 e. The van der Waals surface area contributed by atoms with Crippen molar-refractivity contribution in [3.8, 4) is 5.75 Å². The van der Waals surface area contributed by atoms with Crippen molar-refractivity contribution in [2.75, 3.05) is 13.7 Å². The van der Waals surface area contributed by atoms with E-state index in [-0.39, 0.29) is 18.3 Å². The van der Waals surface area contributed by atoms with Crippen molar-refractivity contribution >= 4 is 5.97 Å². The molecule has 0 aliphatic heterocycles. The predicted molar refractivity (Wildman–Crippen MR) is 58.9 cm³/mol. The Morgan fingerprint density at radius 3 is 2.06 bits per heavy atom. The molecule has 1 rings (SSSR count). The van der Waals surface area contributed by atoms with Crippen LogP contribution in [-0.2, 0) is 9.53 Å². The van der Waals surface area contributed by atoms with E-state index >= 15 is 0 Å². The standard InChI is InChI=1S/C8H7F3O.C3H7NO2/c1-6-2-4-7(5-3-6)12-8(9,10)11;1-6-3(5)2-4/h2-5H,1H3;2,4H2,1H3. The van der Waals surface area contributed by atoms with Gasteiger partial charge in [0.15, 0.2) is 0 Å². The third kappa shape index (κ3) is 8.40. The lowest BCUT2D eigenvalue weighted by atomic mass is 10.2. The van der Waals surface area contributed by atoms with Crippen LogP contribution in [0.25, 0.3) is 0 Å². The highest BCUT2D eigenvalue weighted by molar-refractivity contribution is 5.70. The van der Waals surface area contributed by atoms with Gasteiger partial charge in [0, 0.05) is 0 Å². The molecule has 0 fully saturated rings. The molecule has 1 aromatic rings. The van der Waals surface area contributed by atoms with Crippen LogP contribution in [-0.4, -0.2) is 26.0 Å². The summed E-state index contributed by atoms with van der Waals surface area (Å²) in [5.74, 6) is -0.567. The summed E-state index contributed by atoms with van der Waals surface area (Å²) in [6.07, 6.45) is -4.60. The Balaban J connectivity index is 0.000000411. The van der Waals surface area contributed by atoms with Gasteiger partial charge in [-0.25, -0.2) is 0 Å². The molecule has 0 amide bonds. The average Bonchev–Trinajstić information content (AvgIpc) is 2.30. The van der Waals surface area contributed by atoms with Gasteiger partial charge in [-0.3, -0.25) is 4.79 Å². The molecule has 0 atom stereocenters. The molecule has 0 unspecified atom stereocenters. The van der Waals surface area contributed by atoms with Gasteiger partial charge in [0.25, 0.3) is 0 Å². The molecular weight excluding hydrogens is 251 g/mol. The Labute approximate surface area is 102 Å². The summed E-state index contributed by atoms with van der Waals surface area (Å²) < 4.78 is 42.7. The lowest BCUT2D eigenvalue weighted by Crippen LogP contribution is -2.16. The summed E-state index contributed by atoms with van der Waals surface area (Å²) in [6.45, 7) is 1.76. The van der Waals surface area contributed by atoms with E-state index in [1.807, 2.05) is 0 Å². The van der Waals surface area contributed by atoms with Gasteiger partial charge in [-0.1, -0.05) is 17.7 Å². The molecule has 18 heavy (non-hydrogen) atoms. The van der Waals surface area contributed by atoms with Crippen molar-refractivity contribution in [1.29, 1.82) is 0 Å². The normalized spacial score (nSPS) is 10.1. The van der Waals surface area contributed by atoms with E-state index in [0.717, 1.165) is 5.56 Å². The van der Waals surface area contributed by atoms with Crippen LogP contribution in [0.3, 0.4) is 0 Å². The summed E-state index contributed by atoms with van der Waals surface area (Å²) in [4.78, 5) is 9.83. The number of rotatable bonds is 2. The molecule has 0 aliphatic carbocycles. The number of benzene rings is 1. The number of hydrogen-bond donors (Lipinski definition) is 1. The molecule has 0 aromatic heterocycles. The number of nitrogens with two attached hydrogens (primary N) is 1. The van der Waals surface area contributed by atoms with E-state index in [1.54, 1.807) is 19.1 Å². The lowest BCUT2D eigenvalue weighted by Gasteiger charge is -2.08. The number of ether oxygens (including phenoxy) is 2. The predicted octanol–water partition coefficient (Wildman–Crippen LogP) is 2.01. The maximum atomic E-state index is 11.6. The molecular formula is C11H14F3NO3. The first-order chi connectivity index (χ1) is 8.28. The van der Waals surface area contributed by atoms with Crippen molar-refractivity contribution < 1.29 is 27.4 Å². The quantitative estimate of drug-likeness (QED) is 0.831. The molecule has 0 bridgehead atoms. The number of aryl methyl sites for hydroxylation is 1. The van der Waals surface area contributed by atoms with E-state index in [4.69, 9.17) is 5.73 Å². The molecule has 1 aromatic carbocycles. The minimum atomic E-state index is -4.60. The smallest absolute Gasteiger partial charge is 0.468 e. The first kappa shape index (κ1) is 16.2. The van der Waals surface area contributed by atoms with Crippen LogP contribution in [0.5, 0.6) is 5.75 Å². The number of carbonyl (C=O) groups is 1. The third-order valence-electron chi connectivity index (χ3n) is 1.65. The second-order valence-corrected chi connectivity index (χ2v) is 3.14. The summed E-state index contributed by atoms with van der Waals surface area (Å²) in [7, 11) is 1.30. The van der Waals surface area contributed by atoms with Crippen LogP contribution in [0.2, 0.25) is 0 Å². The average molecular weight is 265 g/mol. The maximum absolute atomic E-state index is 11.6. The zero-order chi connectivity index (χ0) is 14.2. The zero-order valence-electron chi connectivity index (χ0n) is 9.95. The fraction of sp³-hybridized carbons (Fsp3) is 0.364. The number of carbonyl (C=O) groups excluding carboxylic acids is 1. The van der Waals surface area contributed by atoms with Crippen molar-refractivity contribution in [2.24, 2.45) is 5.73 Å². The zero-order valence-corrected chi connectivity index (χ0v) is 9.95. The molecule has 0 aliphatic rings. The van der Waals surface area contributed by atoms with E-state index in [9.17, 15) is 18.0 Å². The molecule has 0 saturated heterocycles. The van der Waals surface area contributed by atoms with Gasteiger partial charge in [-0.15, -0.1) is 13.2 Å². The van der Waals surface area contributed by atoms with Crippen molar-refractivity contribution in [3.63, 3.8) is 0 Å². The Bertz CT molecular complexity index is 357. The van der Waals surface area contributed by atoms with Crippen molar-refractivity contribution in [1.82, 2.24) is 0 Å². The third-order valence-corrected chi connectivity index (χ3v) is 1.65. The minimum absolute atomic E-state index is 0.0312. The van der Waals surface area contributed by atoms with Crippen LogP contribution in [0, 0.1) is 6.92 Å². The fourth-order valence-electron chi connectivity index (χ4n) is 0.823. The van der Waals surface area contributed by atoms with Gasteiger partial charge >= 0.3 is 12.3 Å². The van der Waals surface area contributed by atoms with Crippen molar-refractivity contribution in [2.45, 2.75) is 13.3 Å². The molecule has 4 nitrogen and oxygen atoms in total. The van der Waals surface area contributed by atoms with Crippen LogP contribution >= 0.6 is 0 Å². The summed E-state index contributed by atoms with van der Waals surface area (Å²) >= 11 is 0. The summed E-state index contributed by atoms with van der Waals surface area (Å²) in [6, 6.07) is 5.67. The number of methoxy groups -OCH3 is 1. The lowest BCUT2D eigenvalue weighted by molar-refractivity contribution is -0.274. The van der Waals surface area contributed by atoms with Gasteiger partial charge in [0.05, 0.1) is 13.7 Å². The molecule has 102 valence electrons.